The van der Waals surface area contributed by atoms with Gasteiger partial charge >= 0.3 is 0 Å². The van der Waals surface area contributed by atoms with E-state index in [4.69, 9.17) is 5.73 Å². The third-order valence-corrected chi connectivity index (χ3v) is 9.87. The van der Waals surface area contributed by atoms with Gasteiger partial charge < -0.3 is 11.1 Å². The molecule has 2 amide bonds. The lowest BCUT2D eigenvalue weighted by Crippen LogP contribution is -2.65. The molecule has 2 atom stereocenters. The Labute approximate surface area is 189 Å². The molecule has 4 fully saturated rings. The van der Waals surface area contributed by atoms with Gasteiger partial charge in [-0.05, 0) is 97.8 Å². The molecule has 0 aliphatic heterocycles. The molecule has 170 valence electrons. The lowest BCUT2D eigenvalue weighted by Gasteiger charge is -2.59. The first-order valence-corrected chi connectivity index (χ1v) is 12.7. The van der Waals surface area contributed by atoms with E-state index in [2.05, 4.69) is 26.0 Å². The maximum atomic E-state index is 13.3. The van der Waals surface area contributed by atoms with E-state index in [0.717, 1.165) is 37.5 Å². The van der Waals surface area contributed by atoms with E-state index >= 15 is 0 Å². The maximum absolute atomic E-state index is 13.3. The van der Waals surface area contributed by atoms with Crippen molar-refractivity contribution in [2.24, 2.45) is 28.9 Å². The number of nitrogens with one attached hydrogen (secondary N) is 2. The first-order chi connectivity index (χ1) is 14.3. The molecule has 4 aliphatic carbocycles. The molecule has 10 heteroatoms. The predicted octanol–water partition coefficient (Wildman–Crippen LogP) is 2.44. The van der Waals surface area contributed by atoms with Crippen molar-refractivity contribution >= 4 is 37.8 Å². The van der Waals surface area contributed by atoms with Crippen LogP contribution in [0.3, 0.4) is 0 Å². The number of benzene rings is 1. The number of hydrogen-bond acceptors (Lipinski definition) is 4. The Bertz CT molecular complexity index is 1030. The number of carbonyl (C=O) groups excluding carboxylic acids is 2. The summed E-state index contributed by atoms with van der Waals surface area (Å²) in [6.45, 7) is 3.00. The minimum absolute atomic E-state index is 0.0778. The highest BCUT2D eigenvalue weighted by atomic mass is 79.9. The van der Waals surface area contributed by atoms with E-state index in [1.807, 2.05) is 0 Å². The Morgan fingerprint density at radius 3 is 2.35 bits per heavy atom. The van der Waals surface area contributed by atoms with Gasteiger partial charge in [0, 0.05) is 15.9 Å². The maximum Gasteiger partial charge on any atom is 0.242 e. The lowest BCUT2D eigenvalue weighted by molar-refractivity contribution is -0.148. The van der Waals surface area contributed by atoms with Gasteiger partial charge in [-0.15, -0.1) is 0 Å². The molecule has 2 unspecified atom stereocenters. The smallest absolute Gasteiger partial charge is 0.242 e. The van der Waals surface area contributed by atoms with Crippen LogP contribution in [-0.4, -0.2) is 31.8 Å². The summed E-state index contributed by atoms with van der Waals surface area (Å²) in [4.78, 5) is 25.1. The Morgan fingerprint density at radius 2 is 1.81 bits per heavy atom. The van der Waals surface area contributed by atoms with Crippen molar-refractivity contribution in [1.29, 1.82) is 0 Å². The highest BCUT2D eigenvalue weighted by Gasteiger charge is 2.58. The summed E-state index contributed by atoms with van der Waals surface area (Å²) in [5, 5.41) is 3.07. The van der Waals surface area contributed by atoms with Crippen LogP contribution in [0.1, 0.15) is 46.0 Å². The minimum Gasteiger partial charge on any atom is -0.369 e. The van der Waals surface area contributed by atoms with E-state index in [1.165, 1.54) is 13.8 Å². The average molecular weight is 516 g/mol. The number of carbonyl (C=O) groups is 2. The number of primary amides is 1. The minimum atomic E-state index is -4.08. The summed E-state index contributed by atoms with van der Waals surface area (Å²) in [5.41, 5.74) is 3.84. The van der Waals surface area contributed by atoms with Crippen LogP contribution in [0.2, 0.25) is 0 Å². The molecule has 0 heterocycles. The van der Waals surface area contributed by atoms with Crippen LogP contribution < -0.4 is 15.8 Å². The number of nitrogens with two attached hydrogens (primary N) is 1. The summed E-state index contributed by atoms with van der Waals surface area (Å²) in [7, 11) is -4.08. The van der Waals surface area contributed by atoms with Gasteiger partial charge in [-0.3, -0.25) is 9.59 Å². The van der Waals surface area contributed by atoms with Gasteiger partial charge in [0.15, 0.2) is 0 Å². The molecule has 1 aromatic carbocycles. The average Bonchev–Trinajstić information content (AvgIpc) is 2.62. The molecule has 31 heavy (non-hydrogen) atoms. The fraction of sp³-hybridized carbons (Fsp3) is 0.619. The number of hydrogen-bond donors (Lipinski definition) is 3. The fourth-order valence-corrected chi connectivity index (χ4v) is 8.45. The van der Waals surface area contributed by atoms with Crippen LogP contribution in [0, 0.1) is 29.0 Å². The topological polar surface area (TPSA) is 118 Å². The monoisotopic (exact) mass is 515 g/mol. The molecule has 4 aliphatic rings. The second-order valence-electron chi connectivity index (χ2n) is 9.92. The summed E-state index contributed by atoms with van der Waals surface area (Å²) in [6, 6.07) is 3.16. The van der Waals surface area contributed by atoms with Crippen LogP contribution in [-0.2, 0) is 19.6 Å². The first kappa shape index (κ1) is 22.7. The molecule has 4 bridgehead atoms. The van der Waals surface area contributed by atoms with Crippen LogP contribution in [0.15, 0.2) is 27.6 Å². The largest absolute Gasteiger partial charge is 0.369 e. The SMILES string of the molecule is CC(C)(NS(=O)(=O)c1ccc(F)cc1Br)C(=O)NC1C2CC3CC1CC(C(N)=O)(C3)C2. The Morgan fingerprint density at radius 1 is 1.19 bits per heavy atom. The van der Waals surface area contributed by atoms with Crippen molar-refractivity contribution in [3.8, 4) is 0 Å². The summed E-state index contributed by atoms with van der Waals surface area (Å²) in [6.07, 6.45) is 4.09. The van der Waals surface area contributed by atoms with E-state index in [9.17, 15) is 22.4 Å². The van der Waals surface area contributed by atoms with Crippen LogP contribution in [0.25, 0.3) is 0 Å². The van der Waals surface area contributed by atoms with Gasteiger partial charge in [-0.1, -0.05) is 0 Å². The fourth-order valence-electron chi connectivity index (χ4n) is 6.02. The van der Waals surface area contributed by atoms with Crippen LogP contribution >= 0.6 is 15.9 Å². The van der Waals surface area contributed by atoms with Crippen molar-refractivity contribution in [3.63, 3.8) is 0 Å². The van der Waals surface area contributed by atoms with Gasteiger partial charge in [0.25, 0.3) is 0 Å². The van der Waals surface area contributed by atoms with Crippen molar-refractivity contribution in [1.82, 2.24) is 10.0 Å². The second-order valence-corrected chi connectivity index (χ2v) is 12.4. The van der Waals surface area contributed by atoms with Crippen molar-refractivity contribution in [2.75, 3.05) is 0 Å². The van der Waals surface area contributed by atoms with E-state index < -0.39 is 32.7 Å². The standard InChI is InChI=1S/C21H27BrFN3O4S/c1-20(2,26-31(29,30)16-4-3-14(23)7-15(16)22)19(28)25-17-12-5-11-6-13(17)10-21(8-11,9-12)18(24)27/h3-4,7,11-13,17,26H,5-6,8-10H2,1-2H3,(H2,24,27)(H,25,28). The Balaban J connectivity index is 1.49. The number of sulfonamides is 1. The highest BCUT2D eigenvalue weighted by molar-refractivity contribution is 9.10. The molecule has 1 aromatic rings. The van der Waals surface area contributed by atoms with Crippen LogP contribution in [0.5, 0.6) is 0 Å². The zero-order valence-electron chi connectivity index (χ0n) is 17.5. The molecule has 0 radical (unpaired) electrons. The van der Waals surface area contributed by atoms with Crippen LogP contribution in [0.4, 0.5) is 4.39 Å². The third kappa shape index (κ3) is 4.02. The summed E-state index contributed by atoms with van der Waals surface area (Å²) in [5.74, 6) is -0.448. The van der Waals surface area contributed by atoms with Crippen molar-refractivity contribution in [3.05, 3.63) is 28.5 Å². The Hall–Kier alpha value is -1.52. The van der Waals surface area contributed by atoms with Gasteiger partial charge in [0.05, 0.1) is 4.90 Å². The molecular formula is C21H27BrFN3O4S. The zero-order valence-corrected chi connectivity index (χ0v) is 19.9. The van der Waals surface area contributed by atoms with Gasteiger partial charge in [-0.25, -0.2) is 12.8 Å². The quantitative estimate of drug-likeness (QED) is 0.538. The molecule has 4 N–H and O–H groups in total. The summed E-state index contributed by atoms with van der Waals surface area (Å²) < 4.78 is 41.6. The number of amides is 2. The molecule has 0 aromatic heterocycles. The second kappa shape index (κ2) is 7.52. The van der Waals surface area contributed by atoms with Crippen molar-refractivity contribution in [2.45, 2.75) is 62.4 Å². The molecule has 7 nitrogen and oxygen atoms in total. The van der Waals surface area contributed by atoms with E-state index in [1.54, 1.807) is 0 Å². The molecule has 5 rings (SSSR count). The third-order valence-electron chi connectivity index (χ3n) is 7.23. The lowest BCUT2D eigenvalue weighted by atomic mass is 9.47. The molecule has 4 saturated carbocycles. The Kier molecular flexibility index (Phi) is 5.50. The molecular weight excluding hydrogens is 489 g/mol. The normalized spacial score (nSPS) is 32.1. The van der Waals surface area contributed by atoms with Gasteiger partial charge in [0.2, 0.25) is 21.8 Å². The van der Waals surface area contributed by atoms with E-state index in [0.29, 0.717) is 18.8 Å². The van der Waals surface area contributed by atoms with Gasteiger partial charge in [-0.2, -0.15) is 4.72 Å². The summed E-state index contributed by atoms with van der Waals surface area (Å²) >= 11 is 3.07. The number of halogens is 2. The highest BCUT2D eigenvalue weighted by Crippen LogP contribution is 2.59. The number of rotatable bonds is 6. The van der Waals surface area contributed by atoms with E-state index in [-0.39, 0.29) is 33.2 Å². The van der Waals surface area contributed by atoms with Crippen molar-refractivity contribution < 1.29 is 22.4 Å². The first-order valence-electron chi connectivity index (χ1n) is 10.4. The zero-order chi connectivity index (χ0) is 22.8. The predicted molar refractivity (Wildman–Crippen MR) is 116 cm³/mol. The molecule has 0 spiro atoms. The molecule has 0 saturated heterocycles. The van der Waals surface area contributed by atoms with Gasteiger partial charge in [0.1, 0.15) is 11.4 Å².